The molecule has 10 rings (SSSR count). The van der Waals surface area contributed by atoms with Gasteiger partial charge in [0.1, 0.15) is 0 Å². The van der Waals surface area contributed by atoms with E-state index in [2.05, 4.69) is 193 Å². The molecule has 9 aromatic rings. The number of benzene rings is 7. The minimum absolute atomic E-state index is 1.03. The zero-order chi connectivity index (χ0) is 34.8. The molecule has 248 valence electrons. The van der Waals surface area contributed by atoms with E-state index in [-0.39, 0.29) is 0 Å². The van der Waals surface area contributed by atoms with Gasteiger partial charge in [-0.2, -0.15) is 0 Å². The summed E-state index contributed by atoms with van der Waals surface area (Å²) in [6.45, 7) is 4.28. The average Bonchev–Trinajstić information content (AvgIpc) is 3.71. The number of fused-ring (bicyclic) bond motifs is 6. The van der Waals surface area contributed by atoms with Crippen molar-refractivity contribution in [3.63, 3.8) is 0 Å². The Morgan fingerprint density at radius 3 is 1.58 bits per heavy atom. The smallest absolute Gasteiger partial charge is 0.0541 e. The second-order valence-electron chi connectivity index (χ2n) is 14.3. The van der Waals surface area contributed by atoms with Crippen LogP contribution in [0, 0.1) is 13.8 Å². The van der Waals surface area contributed by atoms with Crippen molar-refractivity contribution in [1.82, 2.24) is 9.13 Å². The van der Waals surface area contributed by atoms with Gasteiger partial charge in [-0.25, -0.2) is 0 Å². The molecule has 2 aromatic heterocycles. The lowest BCUT2D eigenvalue weighted by molar-refractivity contribution is 0.889. The molecule has 1 aliphatic carbocycles. The highest BCUT2D eigenvalue weighted by molar-refractivity contribution is 6.11. The normalized spacial score (nSPS) is 12.6. The van der Waals surface area contributed by atoms with Crippen molar-refractivity contribution in [1.29, 1.82) is 0 Å². The molecule has 52 heavy (non-hydrogen) atoms. The van der Waals surface area contributed by atoms with Crippen molar-refractivity contribution in [2.75, 3.05) is 0 Å². The van der Waals surface area contributed by atoms with Crippen LogP contribution in [0.25, 0.3) is 83.5 Å². The maximum atomic E-state index is 2.50. The van der Waals surface area contributed by atoms with Gasteiger partial charge in [-0.05, 0) is 115 Å². The first-order valence-electron chi connectivity index (χ1n) is 18.3. The molecule has 0 amide bonds. The largest absolute Gasteiger partial charge is 0.313 e. The molecule has 0 aliphatic heterocycles. The first-order chi connectivity index (χ1) is 25.6. The molecular weight excluding hydrogens is 629 g/mol. The van der Waals surface area contributed by atoms with Crippen molar-refractivity contribution >= 4 is 38.8 Å². The first kappa shape index (κ1) is 30.4. The number of aryl methyl sites for hydroxylation is 2. The number of allylic oxidation sites excluding steroid dienone is 1. The predicted octanol–water partition coefficient (Wildman–Crippen LogP) is 13.3. The number of rotatable bonds is 5. The van der Waals surface area contributed by atoms with Crippen LogP contribution in [0.1, 0.15) is 28.8 Å². The Morgan fingerprint density at radius 1 is 0.404 bits per heavy atom. The van der Waals surface area contributed by atoms with Crippen molar-refractivity contribution < 1.29 is 0 Å². The zero-order valence-corrected chi connectivity index (χ0v) is 29.5. The van der Waals surface area contributed by atoms with E-state index in [0.717, 1.165) is 12.8 Å². The Morgan fingerprint density at radius 2 is 0.923 bits per heavy atom. The van der Waals surface area contributed by atoms with Gasteiger partial charge in [0.2, 0.25) is 0 Å². The number of hydrogen-bond donors (Lipinski definition) is 0. The molecule has 0 fully saturated rings. The molecule has 0 atom stereocenters. The Balaban J connectivity index is 1.10. The van der Waals surface area contributed by atoms with E-state index in [1.54, 1.807) is 0 Å². The first-order valence-corrected chi connectivity index (χ1v) is 18.3. The average molecular weight is 667 g/mol. The van der Waals surface area contributed by atoms with E-state index in [0.29, 0.717) is 0 Å². The lowest BCUT2D eigenvalue weighted by atomic mass is 9.98. The van der Waals surface area contributed by atoms with Crippen LogP contribution in [0.4, 0.5) is 0 Å². The van der Waals surface area contributed by atoms with Gasteiger partial charge in [-0.15, -0.1) is 0 Å². The summed E-state index contributed by atoms with van der Waals surface area (Å²) in [5, 5.41) is 3.84. The highest BCUT2D eigenvalue weighted by Crippen LogP contribution is 2.40. The fourth-order valence-corrected chi connectivity index (χ4v) is 8.27. The van der Waals surface area contributed by atoms with Crippen LogP contribution in [-0.2, 0) is 6.42 Å². The van der Waals surface area contributed by atoms with E-state index >= 15 is 0 Å². The maximum Gasteiger partial charge on any atom is 0.0541 e. The fourth-order valence-electron chi connectivity index (χ4n) is 8.27. The fraction of sp³-hybridized carbons (Fsp3) is 0.0800. The SMILES string of the molecule is Cc1ccc(-c2cccc(-n3c4c(c5cc(-c6ccc7c(c6)c6ccccc6n7-c6cccc(-c7ccc(C)cc7)c6)ccc53)C=CCC4)c2)cc1. The molecule has 0 spiro atoms. The minimum Gasteiger partial charge on any atom is -0.313 e. The lowest BCUT2D eigenvalue weighted by Gasteiger charge is -2.14. The summed E-state index contributed by atoms with van der Waals surface area (Å²) in [7, 11) is 0. The third kappa shape index (κ3) is 5.02. The summed E-state index contributed by atoms with van der Waals surface area (Å²) in [5.74, 6) is 0. The highest BCUT2D eigenvalue weighted by atomic mass is 15.0. The van der Waals surface area contributed by atoms with E-state index in [4.69, 9.17) is 0 Å². The van der Waals surface area contributed by atoms with E-state index < -0.39 is 0 Å². The van der Waals surface area contributed by atoms with Crippen molar-refractivity contribution in [3.8, 4) is 44.8 Å². The Bertz CT molecular complexity index is 2840. The second-order valence-corrected chi connectivity index (χ2v) is 14.3. The lowest BCUT2D eigenvalue weighted by Crippen LogP contribution is -2.03. The molecule has 7 aromatic carbocycles. The molecule has 2 heteroatoms. The summed E-state index contributed by atoms with van der Waals surface area (Å²) >= 11 is 0. The van der Waals surface area contributed by atoms with Crippen LogP contribution in [-0.4, -0.2) is 9.13 Å². The molecule has 0 bridgehead atoms. The molecule has 2 nitrogen and oxygen atoms in total. The van der Waals surface area contributed by atoms with Crippen molar-refractivity contribution in [2.24, 2.45) is 0 Å². The van der Waals surface area contributed by atoms with Crippen LogP contribution < -0.4 is 0 Å². The monoisotopic (exact) mass is 666 g/mol. The summed E-state index contributed by atoms with van der Waals surface area (Å²) in [6.07, 6.45) is 6.76. The van der Waals surface area contributed by atoms with E-state index in [1.165, 1.54) is 99.8 Å². The van der Waals surface area contributed by atoms with Gasteiger partial charge in [0.25, 0.3) is 0 Å². The predicted molar refractivity (Wildman–Crippen MR) is 221 cm³/mol. The number of aromatic nitrogens is 2. The molecule has 1 aliphatic rings. The van der Waals surface area contributed by atoms with Crippen LogP contribution in [0.15, 0.2) is 164 Å². The van der Waals surface area contributed by atoms with E-state index in [9.17, 15) is 0 Å². The number of para-hydroxylation sites is 1. The highest BCUT2D eigenvalue weighted by Gasteiger charge is 2.20. The third-order valence-corrected chi connectivity index (χ3v) is 10.9. The standard InChI is InChI=1S/C50H38N2/c1-33-17-21-35(22-18-33)37-9-7-11-41(29-37)51-47-15-5-3-13-43(47)45-31-39(25-27-49(45)51)40-26-28-50-46(32-40)44-14-4-6-16-48(44)52(50)42-12-8-10-38(30-42)36-23-19-34(2)20-24-36/h3-5,7-15,17-32H,6,16H2,1-2H3. The van der Waals surface area contributed by atoms with Crippen LogP contribution in [0.3, 0.4) is 0 Å². The van der Waals surface area contributed by atoms with Crippen LogP contribution in [0.5, 0.6) is 0 Å². The maximum absolute atomic E-state index is 2.50. The third-order valence-electron chi connectivity index (χ3n) is 10.9. The number of nitrogens with zero attached hydrogens (tertiary/aromatic N) is 2. The summed E-state index contributed by atoms with van der Waals surface area (Å²) in [6, 6.07) is 58.4. The summed E-state index contributed by atoms with van der Waals surface area (Å²) < 4.78 is 4.92. The molecule has 0 N–H and O–H groups in total. The zero-order valence-electron chi connectivity index (χ0n) is 29.5. The number of hydrogen-bond acceptors (Lipinski definition) is 0. The molecule has 2 heterocycles. The second kappa shape index (κ2) is 12.1. The topological polar surface area (TPSA) is 9.86 Å². The Hall–Kier alpha value is -6.38. The van der Waals surface area contributed by atoms with Crippen LogP contribution >= 0.6 is 0 Å². The Labute approximate surface area is 304 Å². The van der Waals surface area contributed by atoms with Gasteiger partial charge >= 0.3 is 0 Å². The molecule has 0 saturated heterocycles. The van der Waals surface area contributed by atoms with Gasteiger partial charge in [-0.3, -0.25) is 0 Å². The van der Waals surface area contributed by atoms with Gasteiger partial charge in [0, 0.05) is 38.8 Å². The molecule has 0 radical (unpaired) electrons. The Kier molecular flexibility index (Phi) is 7.11. The van der Waals surface area contributed by atoms with Crippen LogP contribution in [0.2, 0.25) is 0 Å². The van der Waals surface area contributed by atoms with Gasteiger partial charge in [-0.1, -0.05) is 126 Å². The minimum atomic E-state index is 1.03. The summed E-state index contributed by atoms with van der Waals surface area (Å²) in [5.41, 5.74) is 18.8. The summed E-state index contributed by atoms with van der Waals surface area (Å²) in [4.78, 5) is 0. The van der Waals surface area contributed by atoms with E-state index in [1.807, 2.05) is 0 Å². The molecular formula is C50H38N2. The quantitative estimate of drug-likeness (QED) is 0.173. The van der Waals surface area contributed by atoms with Gasteiger partial charge in [0.15, 0.2) is 0 Å². The van der Waals surface area contributed by atoms with Crippen molar-refractivity contribution in [2.45, 2.75) is 26.7 Å². The molecule has 0 unspecified atom stereocenters. The molecule has 0 saturated carbocycles. The van der Waals surface area contributed by atoms with Crippen molar-refractivity contribution in [3.05, 3.63) is 186 Å². The van der Waals surface area contributed by atoms with Gasteiger partial charge < -0.3 is 9.13 Å². The van der Waals surface area contributed by atoms with Gasteiger partial charge in [0.05, 0.1) is 16.6 Å².